The predicted octanol–water partition coefficient (Wildman–Crippen LogP) is 1.07. The van der Waals surface area contributed by atoms with Crippen LogP contribution in [-0.4, -0.2) is 63.5 Å². The average Bonchev–Trinajstić information content (AvgIpc) is 3.11. The number of piperazine rings is 1. The molecule has 5 rings (SSSR count). The van der Waals surface area contributed by atoms with Crippen LogP contribution in [0, 0.1) is 11.8 Å². The molecule has 2 amide bonds. The number of carbonyl (C=O) groups excluding carboxylic acids is 2. The van der Waals surface area contributed by atoms with Gasteiger partial charge in [0.2, 0.25) is 11.8 Å². The highest BCUT2D eigenvalue weighted by Gasteiger charge is 2.31. The van der Waals surface area contributed by atoms with Crippen molar-refractivity contribution in [1.82, 2.24) is 24.3 Å². The minimum absolute atomic E-state index is 0.221. The summed E-state index contributed by atoms with van der Waals surface area (Å²) in [6.45, 7) is 5.53. The molecular formula is C27H30N6O3. The van der Waals surface area contributed by atoms with Crippen LogP contribution < -0.4 is 16.7 Å². The smallest absolute Gasteiger partial charge is 0.329 e. The van der Waals surface area contributed by atoms with Gasteiger partial charge in [-0.05, 0) is 42.3 Å². The van der Waals surface area contributed by atoms with E-state index in [-0.39, 0.29) is 18.0 Å². The van der Waals surface area contributed by atoms with E-state index >= 15 is 0 Å². The van der Waals surface area contributed by atoms with Gasteiger partial charge in [-0.2, -0.15) is 0 Å². The summed E-state index contributed by atoms with van der Waals surface area (Å²) in [6, 6.07) is 13.0. The highest BCUT2D eigenvalue weighted by atomic mass is 16.2. The van der Waals surface area contributed by atoms with Gasteiger partial charge in [0.1, 0.15) is 6.04 Å². The molecule has 9 heteroatoms. The third-order valence-electron chi connectivity index (χ3n) is 7.00. The number of piperidine rings is 1. The number of nitrogens with zero attached hydrogens (tertiary/aromatic N) is 4. The van der Waals surface area contributed by atoms with Gasteiger partial charge >= 0.3 is 5.69 Å². The number of nitrogens with two attached hydrogens (primary N) is 1. The van der Waals surface area contributed by atoms with Crippen LogP contribution in [0.1, 0.15) is 30.0 Å². The Balaban J connectivity index is 1.22. The SMILES string of the molecule is Cn1c(=O)n(C2CCC(=O)NC2=O)c2ccc(C#CCN3CCN(Cc4ccc(N)cc4)CC3)cc21. The van der Waals surface area contributed by atoms with Gasteiger partial charge in [0.25, 0.3) is 0 Å². The number of imide groups is 1. The van der Waals surface area contributed by atoms with E-state index in [0.717, 1.165) is 44.0 Å². The van der Waals surface area contributed by atoms with Crippen molar-refractivity contribution in [2.45, 2.75) is 25.4 Å². The lowest BCUT2D eigenvalue weighted by Crippen LogP contribution is -2.45. The van der Waals surface area contributed by atoms with Crippen LogP contribution in [0.4, 0.5) is 5.69 Å². The first kappa shape index (κ1) is 23.9. The number of benzene rings is 2. The average molecular weight is 487 g/mol. The van der Waals surface area contributed by atoms with Crippen LogP contribution in [0.25, 0.3) is 11.0 Å². The van der Waals surface area contributed by atoms with Crippen molar-refractivity contribution in [2.24, 2.45) is 7.05 Å². The zero-order chi connectivity index (χ0) is 25.2. The van der Waals surface area contributed by atoms with Gasteiger partial charge in [0.05, 0.1) is 17.6 Å². The molecule has 3 N–H and O–H groups in total. The van der Waals surface area contributed by atoms with Crippen LogP contribution in [0.3, 0.4) is 0 Å². The summed E-state index contributed by atoms with van der Waals surface area (Å²) in [7, 11) is 1.69. The number of anilines is 1. The molecule has 2 saturated heterocycles. The third-order valence-corrected chi connectivity index (χ3v) is 7.00. The maximum atomic E-state index is 12.9. The van der Waals surface area contributed by atoms with Gasteiger partial charge in [-0.3, -0.25) is 33.8 Å². The van der Waals surface area contributed by atoms with Gasteiger partial charge in [0, 0.05) is 57.4 Å². The second kappa shape index (κ2) is 10.0. The number of carbonyl (C=O) groups is 2. The molecule has 1 atom stereocenters. The minimum Gasteiger partial charge on any atom is -0.399 e. The molecule has 0 spiro atoms. The maximum absolute atomic E-state index is 12.9. The summed E-state index contributed by atoms with van der Waals surface area (Å²) in [5, 5.41) is 2.33. The summed E-state index contributed by atoms with van der Waals surface area (Å²) < 4.78 is 3.02. The number of aromatic nitrogens is 2. The number of rotatable bonds is 4. The number of nitrogen functional groups attached to an aromatic ring is 1. The van der Waals surface area contributed by atoms with Crippen LogP contribution >= 0.6 is 0 Å². The standard InChI is InChI=1S/C27H30N6O3/c1-30-24-17-19(6-9-22(24)33(27(30)36)23-10-11-25(34)29-26(23)35)3-2-12-31-13-15-32(16-14-31)18-20-4-7-21(28)8-5-20/h4-9,17,23H,10-16,18,28H2,1H3,(H,29,34,35). The lowest BCUT2D eigenvalue weighted by Gasteiger charge is -2.33. The fourth-order valence-corrected chi connectivity index (χ4v) is 4.91. The van der Waals surface area contributed by atoms with Gasteiger partial charge in [-0.1, -0.05) is 24.0 Å². The number of hydrogen-bond donors (Lipinski definition) is 2. The second-order valence-electron chi connectivity index (χ2n) is 9.48. The van der Waals surface area contributed by atoms with Crippen molar-refractivity contribution in [3.8, 4) is 11.8 Å². The molecule has 2 aliphatic rings. The molecule has 3 aromatic rings. The van der Waals surface area contributed by atoms with E-state index in [0.29, 0.717) is 24.0 Å². The third kappa shape index (κ3) is 4.91. The van der Waals surface area contributed by atoms with Crippen molar-refractivity contribution < 1.29 is 9.59 Å². The zero-order valence-electron chi connectivity index (χ0n) is 20.4. The lowest BCUT2D eigenvalue weighted by molar-refractivity contribution is -0.135. The first-order valence-corrected chi connectivity index (χ1v) is 12.2. The number of fused-ring (bicyclic) bond motifs is 1. The molecule has 0 saturated carbocycles. The first-order chi connectivity index (χ1) is 17.4. The fourth-order valence-electron chi connectivity index (χ4n) is 4.91. The van der Waals surface area contributed by atoms with E-state index in [2.05, 4.69) is 39.1 Å². The van der Waals surface area contributed by atoms with Crippen molar-refractivity contribution in [2.75, 3.05) is 38.5 Å². The normalized spacial score (nSPS) is 19.2. The molecule has 2 aliphatic heterocycles. The van der Waals surface area contributed by atoms with Crippen LogP contribution in [0.15, 0.2) is 47.3 Å². The van der Waals surface area contributed by atoms with Gasteiger partial charge < -0.3 is 5.73 Å². The molecule has 36 heavy (non-hydrogen) atoms. The second-order valence-corrected chi connectivity index (χ2v) is 9.48. The van der Waals surface area contributed by atoms with E-state index < -0.39 is 11.9 Å². The van der Waals surface area contributed by atoms with E-state index in [1.165, 1.54) is 14.7 Å². The Morgan fingerprint density at radius 2 is 1.69 bits per heavy atom. The Labute approximate surface area is 209 Å². The lowest BCUT2D eigenvalue weighted by atomic mass is 10.1. The van der Waals surface area contributed by atoms with E-state index in [1.54, 1.807) is 7.05 Å². The number of amides is 2. The summed E-state index contributed by atoms with van der Waals surface area (Å²) in [5.74, 6) is 5.76. The predicted molar refractivity (Wildman–Crippen MR) is 138 cm³/mol. The van der Waals surface area contributed by atoms with Crippen LogP contribution in [0.5, 0.6) is 0 Å². The summed E-state index contributed by atoms with van der Waals surface area (Å²) in [6.07, 6.45) is 0.539. The first-order valence-electron chi connectivity index (χ1n) is 12.2. The number of aryl methyl sites for hydroxylation is 1. The summed E-state index contributed by atoms with van der Waals surface area (Å²) >= 11 is 0. The maximum Gasteiger partial charge on any atom is 0.329 e. The molecule has 1 unspecified atom stereocenters. The molecule has 0 bridgehead atoms. The molecule has 1 aromatic heterocycles. The van der Waals surface area contributed by atoms with E-state index in [1.807, 2.05) is 30.3 Å². The number of nitrogens with one attached hydrogen (secondary N) is 1. The van der Waals surface area contributed by atoms with Crippen LogP contribution in [0.2, 0.25) is 0 Å². The summed E-state index contributed by atoms with van der Waals surface area (Å²) in [4.78, 5) is 41.6. The Morgan fingerprint density at radius 1 is 0.972 bits per heavy atom. The van der Waals surface area contributed by atoms with Crippen molar-refractivity contribution in [3.63, 3.8) is 0 Å². The fraction of sp³-hybridized carbons (Fsp3) is 0.370. The van der Waals surface area contributed by atoms with Crippen LogP contribution in [-0.2, 0) is 23.2 Å². The molecule has 186 valence electrons. The largest absolute Gasteiger partial charge is 0.399 e. The highest BCUT2D eigenvalue weighted by Crippen LogP contribution is 2.23. The molecular weight excluding hydrogens is 456 g/mol. The molecule has 0 radical (unpaired) electrons. The van der Waals surface area contributed by atoms with Crippen molar-refractivity contribution >= 4 is 28.5 Å². The summed E-state index contributed by atoms with van der Waals surface area (Å²) in [5.41, 5.74) is 9.76. The quantitative estimate of drug-likeness (QED) is 0.325. The topological polar surface area (TPSA) is 106 Å². The molecule has 9 nitrogen and oxygen atoms in total. The van der Waals surface area contributed by atoms with E-state index in [9.17, 15) is 14.4 Å². The molecule has 2 fully saturated rings. The van der Waals surface area contributed by atoms with Gasteiger partial charge in [-0.15, -0.1) is 0 Å². The van der Waals surface area contributed by atoms with Gasteiger partial charge in [0.15, 0.2) is 0 Å². The Morgan fingerprint density at radius 3 is 2.42 bits per heavy atom. The minimum atomic E-state index is -0.686. The molecule has 3 heterocycles. The highest BCUT2D eigenvalue weighted by molar-refractivity contribution is 6.00. The van der Waals surface area contributed by atoms with Crippen molar-refractivity contribution in [3.05, 3.63) is 64.1 Å². The number of imidazole rings is 1. The van der Waals surface area contributed by atoms with E-state index in [4.69, 9.17) is 5.73 Å². The van der Waals surface area contributed by atoms with Crippen molar-refractivity contribution in [1.29, 1.82) is 0 Å². The Kier molecular flexibility index (Phi) is 6.63. The monoisotopic (exact) mass is 486 g/mol. The number of hydrogen-bond acceptors (Lipinski definition) is 6. The molecule has 0 aliphatic carbocycles. The Bertz CT molecular complexity index is 1420. The molecule has 2 aromatic carbocycles. The zero-order valence-corrected chi connectivity index (χ0v) is 20.4. The Hall–Kier alpha value is -3.87. The van der Waals surface area contributed by atoms with Gasteiger partial charge in [-0.25, -0.2) is 4.79 Å².